The van der Waals surface area contributed by atoms with Crippen molar-refractivity contribution >= 4 is 98.5 Å². The molecule has 0 spiro atoms. The molecule has 30 heavy (non-hydrogen) atoms. The fraction of sp³-hybridized carbons (Fsp3) is 0.167. The number of amides is 2. The summed E-state index contributed by atoms with van der Waals surface area (Å²) in [5.74, 6) is -0.816. The van der Waals surface area contributed by atoms with Crippen LogP contribution in [0.4, 0.5) is 11.4 Å². The van der Waals surface area contributed by atoms with Gasteiger partial charge in [0, 0.05) is 23.3 Å². The van der Waals surface area contributed by atoms with Gasteiger partial charge in [0.1, 0.15) is 6.17 Å². The molecule has 0 aliphatic rings. The van der Waals surface area contributed by atoms with Crippen LogP contribution in [0.3, 0.4) is 0 Å². The SMILES string of the molecule is CC(=O)Nc1cccc(NC(=S)NC(NC(=O)c2ccc(Cl)cc2Cl)C(Cl)(Cl)Cl)c1. The Morgan fingerprint density at radius 1 is 0.967 bits per heavy atom. The van der Waals surface area contributed by atoms with E-state index in [1.807, 2.05) is 0 Å². The Kier molecular flexibility index (Phi) is 8.85. The molecule has 0 saturated heterocycles. The Hall–Kier alpha value is -1.48. The molecule has 0 aliphatic heterocycles. The third-order valence-corrected chi connectivity index (χ3v) is 4.92. The molecule has 0 heterocycles. The maximum Gasteiger partial charge on any atom is 0.254 e. The molecule has 0 aliphatic carbocycles. The first-order valence-electron chi connectivity index (χ1n) is 8.23. The van der Waals surface area contributed by atoms with Crippen molar-refractivity contribution < 1.29 is 9.59 Å². The highest BCUT2D eigenvalue weighted by molar-refractivity contribution is 7.80. The molecule has 2 amide bonds. The lowest BCUT2D eigenvalue weighted by Gasteiger charge is -2.28. The van der Waals surface area contributed by atoms with Crippen molar-refractivity contribution in [2.45, 2.75) is 16.9 Å². The normalized spacial score (nSPS) is 11.9. The quantitative estimate of drug-likeness (QED) is 0.239. The van der Waals surface area contributed by atoms with Crippen molar-refractivity contribution in [3.05, 3.63) is 58.1 Å². The maximum absolute atomic E-state index is 12.6. The van der Waals surface area contributed by atoms with E-state index in [0.717, 1.165) is 0 Å². The van der Waals surface area contributed by atoms with E-state index >= 15 is 0 Å². The zero-order valence-electron chi connectivity index (χ0n) is 15.2. The van der Waals surface area contributed by atoms with Gasteiger partial charge < -0.3 is 21.3 Å². The molecule has 160 valence electrons. The number of benzene rings is 2. The van der Waals surface area contributed by atoms with Crippen LogP contribution in [0.5, 0.6) is 0 Å². The van der Waals surface area contributed by atoms with Crippen LogP contribution >= 0.6 is 70.2 Å². The molecule has 2 aromatic rings. The highest BCUT2D eigenvalue weighted by Crippen LogP contribution is 2.30. The average molecular weight is 529 g/mol. The number of rotatable bonds is 5. The van der Waals surface area contributed by atoms with E-state index in [2.05, 4.69) is 21.3 Å². The molecular formula is C18H15Cl5N4O2S. The second kappa shape index (κ2) is 10.7. The monoisotopic (exact) mass is 526 g/mol. The van der Waals surface area contributed by atoms with Gasteiger partial charge in [-0.3, -0.25) is 9.59 Å². The van der Waals surface area contributed by atoms with Gasteiger partial charge in [-0.05, 0) is 48.6 Å². The molecule has 0 bridgehead atoms. The van der Waals surface area contributed by atoms with E-state index in [1.165, 1.54) is 25.1 Å². The molecule has 0 radical (unpaired) electrons. The summed E-state index contributed by atoms with van der Waals surface area (Å²) in [5.41, 5.74) is 1.27. The zero-order chi connectivity index (χ0) is 22.5. The number of hydrogen-bond donors (Lipinski definition) is 4. The second-order valence-electron chi connectivity index (χ2n) is 5.93. The number of alkyl halides is 3. The van der Waals surface area contributed by atoms with Crippen LogP contribution < -0.4 is 21.3 Å². The van der Waals surface area contributed by atoms with Crippen LogP contribution in [0, 0.1) is 0 Å². The Balaban J connectivity index is 2.10. The molecule has 12 heteroatoms. The first-order valence-corrected chi connectivity index (χ1v) is 10.5. The van der Waals surface area contributed by atoms with Crippen molar-refractivity contribution in [3.8, 4) is 0 Å². The van der Waals surface area contributed by atoms with Crippen LogP contribution in [0.25, 0.3) is 0 Å². The highest BCUT2D eigenvalue weighted by atomic mass is 35.6. The standard InChI is InChI=1S/C18H15Cl5N4O2S/c1-9(28)24-11-3-2-4-12(8-11)25-17(30)27-16(18(21,22)23)26-15(29)13-6-5-10(19)7-14(13)20/h2-8,16H,1H3,(H,24,28)(H,26,29)(H2,25,27,30). The van der Waals surface area contributed by atoms with Crippen molar-refractivity contribution in [2.75, 3.05) is 10.6 Å². The Labute approximate surface area is 203 Å². The number of anilines is 2. The Bertz CT molecular complexity index is 968. The topological polar surface area (TPSA) is 82.3 Å². The van der Waals surface area contributed by atoms with E-state index in [4.69, 9.17) is 70.2 Å². The first-order chi connectivity index (χ1) is 14.0. The van der Waals surface area contributed by atoms with E-state index in [1.54, 1.807) is 24.3 Å². The van der Waals surface area contributed by atoms with Crippen LogP contribution in [0.1, 0.15) is 17.3 Å². The lowest BCUT2D eigenvalue weighted by molar-refractivity contribution is -0.114. The van der Waals surface area contributed by atoms with Crippen LogP contribution in [0.2, 0.25) is 10.0 Å². The Morgan fingerprint density at radius 3 is 2.17 bits per heavy atom. The predicted molar refractivity (Wildman–Crippen MR) is 128 cm³/mol. The van der Waals surface area contributed by atoms with Gasteiger partial charge in [0.2, 0.25) is 9.70 Å². The summed E-state index contributed by atoms with van der Waals surface area (Å²) in [6.45, 7) is 1.40. The van der Waals surface area contributed by atoms with Crippen molar-refractivity contribution in [2.24, 2.45) is 0 Å². The van der Waals surface area contributed by atoms with Gasteiger partial charge in [0.25, 0.3) is 5.91 Å². The predicted octanol–water partition coefficient (Wildman–Crippen LogP) is 5.36. The van der Waals surface area contributed by atoms with Crippen LogP contribution in [-0.4, -0.2) is 26.9 Å². The molecule has 6 nitrogen and oxygen atoms in total. The van der Waals surface area contributed by atoms with Crippen molar-refractivity contribution in [1.82, 2.24) is 10.6 Å². The van der Waals surface area contributed by atoms with Gasteiger partial charge in [-0.15, -0.1) is 0 Å². The lowest BCUT2D eigenvalue weighted by Crippen LogP contribution is -2.56. The largest absolute Gasteiger partial charge is 0.339 e. The first kappa shape index (κ1) is 24.8. The molecule has 4 N–H and O–H groups in total. The molecule has 0 fully saturated rings. The molecular weight excluding hydrogens is 514 g/mol. The minimum absolute atomic E-state index is 0.0637. The molecule has 1 atom stereocenters. The van der Waals surface area contributed by atoms with Gasteiger partial charge in [-0.25, -0.2) is 0 Å². The fourth-order valence-electron chi connectivity index (χ4n) is 2.26. The lowest BCUT2D eigenvalue weighted by atomic mass is 10.2. The summed E-state index contributed by atoms with van der Waals surface area (Å²) in [5, 5.41) is 11.4. The number of halogens is 5. The molecule has 0 aromatic heterocycles. The van der Waals surface area contributed by atoms with Gasteiger partial charge in [-0.1, -0.05) is 64.1 Å². The molecule has 2 aromatic carbocycles. The van der Waals surface area contributed by atoms with Gasteiger partial charge in [-0.2, -0.15) is 0 Å². The van der Waals surface area contributed by atoms with E-state index < -0.39 is 15.9 Å². The number of carbonyl (C=O) groups excluding carboxylic acids is 2. The molecule has 2 rings (SSSR count). The van der Waals surface area contributed by atoms with Gasteiger partial charge in [0.05, 0.1) is 10.6 Å². The summed E-state index contributed by atoms with van der Waals surface area (Å²) < 4.78 is -1.95. The van der Waals surface area contributed by atoms with Crippen molar-refractivity contribution in [1.29, 1.82) is 0 Å². The minimum atomic E-state index is -1.95. The number of nitrogens with one attached hydrogen (secondary N) is 4. The fourth-order valence-corrected chi connectivity index (χ4v) is 3.32. The maximum atomic E-state index is 12.6. The van der Waals surface area contributed by atoms with Crippen molar-refractivity contribution in [3.63, 3.8) is 0 Å². The van der Waals surface area contributed by atoms with Gasteiger partial charge >= 0.3 is 0 Å². The second-order valence-corrected chi connectivity index (χ2v) is 9.55. The van der Waals surface area contributed by atoms with Gasteiger partial charge in [0.15, 0.2) is 5.11 Å². The van der Waals surface area contributed by atoms with E-state index in [0.29, 0.717) is 16.4 Å². The van der Waals surface area contributed by atoms with E-state index in [9.17, 15) is 9.59 Å². The van der Waals surface area contributed by atoms with Crippen LogP contribution in [-0.2, 0) is 4.79 Å². The summed E-state index contributed by atoms with van der Waals surface area (Å²) in [6.07, 6.45) is -1.19. The number of hydrogen-bond acceptors (Lipinski definition) is 3. The molecule has 0 saturated carbocycles. The van der Waals surface area contributed by atoms with E-state index in [-0.39, 0.29) is 21.6 Å². The van der Waals surface area contributed by atoms with Crippen LogP contribution in [0.15, 0.2) is 42.5 Å². The third kappa shape index (κ3) is 7.65. The number of thiocarbonyl (C=S) groups is 1. The smallest absolute Gasteiger partial charge is 0.254 e. The average Bonchev–Trinajstić information content (AvgIpc) is 2.59. The molecule has 1 unspecified atom stereocenters. The summed E-state index contributed by atoms with van der Waals surface area (Å²) >= 11 is 35.1. The summed E-state index contributed by atoms with van der Waals surface area (Å²) in [6, 6.07) is 11.2. The highest BCUT2D eigenvalue weighted by Gasteiger charge is 2.35. The third-order valence-electron chi connectivity index (χ3n) is 3.49. The summed E-state index contributed by atoms with van der Waals surface area (Å²) in [4.78, 5) is 23.8. The minimum Gasteiger partial charge on any atom is -0.339 e. The zero-order valence-corrected chi connectivity index (χ0v) is 19.8. The number of carbonyl (C=O) groups is 2. The summed E-state index contributed by atoms with van der Waals surface area (Å²) in [7, 11) is 0. The Morgan fingerprint density at radius 2 is 1.60 bits per heavy atom.